The van der Waals surface area contributed by atoms with Gasteiger partial charge in [-0.1, -0.05) is 0 Å². The van der Waals surface area contributed by atoms with Crippen molar-refractivity contribution >= 4 is 33.1 Å². The van der Waals surface area contributed by atoms with E-state index in [1.54, 1.807) is 0 Å². The lowest BCUT2D eigenvalue weighted by Crippen LogP contribution is -2.26. The van der Waals surface area contributed by atoms with Crippen molar-refractivity contribution < 1.29 is 26.4 Å². The predicted molar refractivity (Wildman–Crippen MR) is 90.7 cm³/mol. The number of nitrogens with one attached hydrogen (secondary N) is 1. The van der Waals surface area contributed by atoms with Gasteiger partial charge in [-0.15, -0.1) is 0 Å². The Bertz CT molecular complexity index is 945. The van der Waals surface area contributed by atoms with Crippen LogP contribution in [0.15, 0.2) is 36.5 Å². The van der Waals surface area contributed by atoms with Gasteiger partial charge in [0.1, 0.15) is 5.82 Å². The number of carbonyl (C=O) groups is 1. The lowest BCUT2D eigenvalue weighted by atomic mass is 10.1. The van der Waals surface area contributed by atoms with Crippen molar-refractivity contribution in [3.8, 4) is 0 Å². The summed E-state index contributed by atoms with van der Waals surface area (Å²) < 4.78 is 63.3. The summed E-state index contributed by atoms with van der Waals surface area (Å²) in [6, 6.07) is 5.37. The third-order valence-electron chi connectivity index (χ3n) is 3.49. The highest BCUT2D eigenvalue weighted by Crippen LogP contribution is 2.37. The monoisotopic (exact) mass is 388 g/mol. The van der Waals surface area contributed by atoms with Gasteiger partial charge in [-0.3, -0.25) is 9.10 Å². The summed E-state index contributed by atoms with van der Waals surface area (Å²) in [4.78, 5) is 15.4. The Balaban J connectivity index is 2.60. The number of aromatic nitrogens is 1. The molecule has 0 fully saturated rings. The number of alkyl halides is 3. The number of sulfonamides is 1. The number of rotatable bonds is 5. The standard InChI is InChI=1S/C15H15F3N4O3S/c1-22(26(2,24)25)12-8-9(15(16,17)18)5-6-11(12)21-14-10(13(19)23)4-3-7-20-14/h3-8H,1-2H3,(H2,19,23)(H,20,21). The van der Waals surface area contributed by atoms with E-state index in [1.807, 2.05) is 0 Å². The molecule has 0 bridgehead atoms. The molecule has 2 aromatic rings. The van der Waals surface area contributed by atoms with E-state index >= 15 is 0 Å². The Morgan fingerprint density at radius 2 is 1.92 bits per heavy atom. The smallest absolute Gasteiger partial charge is 0.365 e. The van der Waals surface area contributed by atoms with E-state index in [0.29, 0.717) is 10.4 Å². The molecule has 0 spiro atoms. The number of primary amides is 1. The highest BCUT2D eigenvalue weighted by Gasteiger charge is 2.32. The number of nitrogens with zero attached hydrogens (tertiary/aromatic N) is 2. The maximum Gasteiger partial charge on any atom is 0.416 e. The van der Waals surface area contributed by atoms with E-state index in [-0.39, 0.29) is 22.8 Å². The van der Waals surface area contributed by atoms with Gasteiger partial charge in [0.05, 0.1) is 28.8 Å². The number of halogens is 3. The van der Waals surface area contributed by atoms with Gasteiger partial charge < -0.3 is 11.1 Å². The Morgan fingerprint density at radius 3 is 2.46 bits per heavy atom. The molecule has 3 N–H and O–H groups in total. The Hall–Kier alpha value is -2.82. The molecule has 1 heterocycles. The van der Waals surface area contributed by atoms with Crippen LogP contribution in [0.25, 0.3) is 0 Å². The van der Waals surface area contributed by atoms with Crippen molar-refractivity contribution in [3.05, 3.63) is 47.7 Å². The predicted octanol–water partition coefficient (Wildman–Crippen LogP) is 2.34. The third kappa shape index (κ3) is 4.23. The number of nitrogens with two attached hydrogens (primary N) is 1. The minimum absolute atomic E-state index is 0.000330. The normalized spacial score (nSPS) is 11.9. The van der Waals surface area contributed by atoms with Crippen LogP contribution in [0.2, 0.25) is 0 Å². The van der Waals surface area contributed by atoms with Crippen LogP contribution >= 0.6 is 0 Å². The van der Waals surface area contributed by atoms with E-state index in [0.717, 1.165) is 25.4 Å². The van der Waals surface area contributed by atoms with Crippen LogP contribution < -0.4 is 15.4 Å². The van der Waals surface area contributed by atoms with E-state index in [9.17, 15) is 26.4 Å². The number of pyridine rings is 1. The molecule has 1 aromatic carbocycles. The van der Waals surface area contributed by atoms with Gasteiger partial charge in [0.2, 0.25) is 10.0 Å². The fourth-order valence-corrected chi connectivity index (χ4v) is 2.59. The SMILES string of the molecule is CN(c1cc(C(F)(F)F)ccc1Nc1ncccc1C(N)=O)S(C)(=O)=O. The van der Waals surface area contributed by atoms with Gasteiger partial charge in [-0.25, -0.2) is 13.4 Å². The first kappa shape index (κ1) is 19.5. The first-order chi connectivity index (χ1) is 11.9. The van der Waals surface area contributed by atoms with Gasteiger partial charge in [-0.05, 0) is 30.3 Å². The van der Waals surface area contributed by atoms with Gasteiger partial charge >= 0.3 is 6.18 Å². The highest BCUT2D eigenvalue weighted by atomic mass is 32.2. The topological polar surface area (TPSA) is 105 Å². The van der Waals surface area contributed by atoms with Gasteiger partial charge in [0, 0.05) is 13.2 Å². The molecule has 0 radical (unpaired) electrons. The Kier molecular flexibility index (Phi) is 5.12. The summed E-state index contributed by atoms with van der Waals surface area (Å²) in [5.74, 6) is -0.812. The number of carbonyl (C=O) groups excluding carboxylic acids is 1. The Labute approximate surface area is 147 Å². The van der Waals surface area contributed by atoms with Crippen LogP contribution in [0.3, 0.4) is 0 Å². The van der Waals surface area contributed by atoms with Crippen LogP contribution in [-0.4, -0.2) is 32.6 Å². The second kappa shape index (κ2) is 6.83. The van der Waals surface area contributed by atoms with Crippen LogP contribution in [0.1, 0.15) is 15.9 Å². The molecule has 0 atom stereocenters. The average molecular weight is 388 g/mol. The van der Waals surface area contributed by atoms with Crippen molar-refractivity contribution in [2.24, 2.45) is 5.73 Å². The molecule has 0 aliphatic rings. The summed E-state index contributed by atoms with van der Waals surface area (Å²) in [5, 5.41) is 2.67. The molecule has 0 aliphatic heterocycles. The molecule has 11 heteroatoms. The lowest BCUT2D eigenvalue weighted by Gasteiger charge is -2.22. The zero-order valence-corrected chi connectivity index (χ0v) is 14.5. The van der Waals surface area contributed by atoms with Crippen molar-refractivity contribution in [2.45, 2.75) is 6.18 Å². The minimum Gasteiger partial charge on any atom is -0.365 e. The number of amides is 1. The molecule has 0 unspecified atom stereocenters. The van der Waals surface area contributed by atoms with E-state index in [2.05, 4.69) is 10.3 Å². The average Bonchev–Trinajstić information content (AvgIpc) is 2.53. The van der Waals surface area contributed by atoms with Crippen molar-refractivity contribution in [1.82, 2.24) is 4.98 Å². The first-order valence-corrected chi connectivity index (χ1v) is 8.93. The molecule has 1 amide bonds. The van der Waals surface area contributed by atoms with E-state index in [4.69, 9.17) is 5.73 Å². The van der Waals surface area contributed by atoms with E-state index < -0.39 is 27.7 Å². The Morgan fingerprint density at radius 1 is 1.27 bits per heavy atom. The molecular weight excluding hydrogens is 373 g/mol. The van der Waals surface area contributed by atoms with Crippen molar-refractivity contribution in [1.29, 1.82) is 0 Å². The third-order valence-corrected chi connectivity index (χ3v) is 4.68. The molecule has 0 aliphatic carbocycles. The summed E-state index contributed by atoms with van der Waals surface area (Å²) in [6.07, 6.45) is -2.46. The summed E-state index contributed by atoms with van der Waals surface area (Å²) in [6.45, 7) is 0. The molecule has 7 nitrogen and oxygen atoms in total. The number of benzene rings is 1. The second-order valence-corrected chi connectivity index (χ2v) is 7.36. The lowest BCUT2D eigenvalue weighted by molar-refractivity contribution is -0.137. The van der Waals surface area contributed by atoms with Crippen LogP contribution in [0.5, 0.6) is 0 Å². The van der Waals surface area contributed by atoms with E-state index in [1.165, 1.54) is 18.3 Å². The van der Waals surface area contributed by atoms with Gasteiger partial charge in [-0.2, -0.15) is 13.2 Å². The number of anilines is 3. The summed E-state index contributed by atoms with van der Waals surface area (Å²) in [7, 11) is -2.73. The van der Waals surface area contributed by atoms with Crippen LogP contribution in [-0.2, 0) is 16.2 Å². The van der Waals surface area contributed by atoms with Crippen molar-refractivity contribution in [3.63, 3.8) is 0 Å². The fourth-order valence-electron chi connectivity index (χ4n) is 2.08. The number of hydrogen-bond acceptors (Lipinski definition) is 5. The molecule has 2 rings (SSSR count). The maximum absolute atomic E-state index is 13.0. The van der Waals surface area contributed by atoms with Crippen LogP contribution in [0, 0.1) is 0 Å². The molecule has 26 heavy (non-hydrogen) atoms. The van der Waals surface area contributed by atoms with Crippen LogP contribution in [0.4, 0.5) is 30.4 Å². The molecule has 140 valence electrons. The molecular formula is C15H15F3N4O3S. The minimum atomic E-state index is -4.66. The molecule has 0 saturated heterocycles. The molecule has 0 saturated carbocycles. The highest BCUT2D eigenvalue weighted by molar-refractivity contribution is 7.92. The summed E-state index contributed by atoms with van der Waals surface area (Å²) in [5.41, 5.74) is 3.97. The maximum atomic E-state index is 13.0. The quantitative estimate of drug-likeness (QED) is 0.818. The zero-order chi connectivity index (χ0) is 19.7. The second-order valence-electron chi connectivity index (χ2n) is 5.35. The molecule has 1 aromatic heterocycles. The zero-order valence-electron chi connectivity index (χ0n) is 13.7. The fraction of sp³-hybridized carbons (Fsp3) is 0.200. The van der Waals surface area contributed by atoms with Crippen molar-refractivity contribution in [2.75, 3.05) is 22.9 Å². The van der Waals surface area contributed by atoms with Gasteiger partial charge in [0.25, 0.3) is 5.91 Å². The number of hydrogen-bond donors (Lipinski definition) is 2. The first-order valence-electron chi connectivity index (χ1n) is 7.08. The van der Waals surface area contributed by atoms with Gasteiger partial charge in [0.15, 0.2) is 0 Å². The summed E-state index contributed by atoms with van der Waals surface area (Å²) >= 11 is 0. The largest absolute Gasteiger partial charge is 0.416 e.